The third-order valence-corrected chi connectivity index (χ3v) is 3.75. The molecule has 0 saturated heterocycles. The van der Waals surface area contributed by atoms with Crippen LogP contribution in [-0.2, 0) is 9.59 Å². The molecule has 0 aromatic heterocycles. The molecule has 2 amide bonds. The third-order valence-electron chi connectivity index (χ3n) is 3.75. The van der Waals surface area contributed by atoms with Crippen molar-refractivity contribution in [1.82, 2.24) is 10.6 Å². The fourth-order valence-electron chi connectivity index (χ4n) is 2.79. The zero-order chi connectivity index (χ0) is 15.9. The lowest BCUT2D eigenvalue weighted by Crippen LogP contribution is -3.11. The van der Waals surface area contributed by atoms with E-state index in [1.54, 1.807) is 0 Å². The summed E-state index contributed by atoms with van der Waals surface area (Å²) in [6, 6.07) is 0. The molecule has 1 aliphatic rings. The number of carbonyl (C=O) groups is 2. The summed E-state index contributed by atoms with van der Waals surface area (Å²) < 4.78 is 0. The number of quaternary nitrogens is 1. The summed E-state index contributed by atoms with van der Waals surface area (Å²) in [6.45, 7) is 7.34. The van der Waals surface area contributed by atoms with Gasteiger partial charge in [0.15, 0.2) is 13.1 Å². The van der Waals surface area contributed by atoms with Crippen molar-refractivity contribution >= 4 is 11.8 Å². The van der Waals surface area contributed by atoms with Crippen LogP contribution in [-0.4, -0.2) is 44.0 Å². The van der Waals surface area contributed by atoms with Gasteiger partial charge in [0.05, 0.1) is 7.05 Å². The van der Waals surface area contributed by atoms with E-state index >= 15 is 0 Å². The van der Waals surface area contributed by atoms with Crippen LogP contribution < -0.4 is 15.5 Å². The molecule has 5 heteroatoms. The van der Waals surface area contributed by atoms with Gasteiger partial charge in [-0.15, -0.1) is 0 Å². The lowest BCUT2D eigenvalue weighted by molar-refractivity contribution is -0.862. The van der Waals surface area contributed by atoms with E-state index in [2.05, 4.69) is 10.6 Å². The fraction of sp³-hybridized carbons (Fsp3) is 0.875. The monoisotopic (exact) mass is 298 g/mol. The Labute approximate surface area is 128 Å². The van der Waals surface area contributed by atoms with Gasteiger partial charge in [-0.25, -0.2) is 0 Å². The van der Waals surface area contributed by atoms with Crippen molar-refractivity contribution in [3.05, 3.63) is 0 Å². The average molecular weight is 298 g/mol. The zero-order valence-corrected chi connectivity index (χ0v) is 14.1. The van der Waals surface area contributed by atoms with Crippen LogP contribution >= 0.6 is 0 Å². The van der Waals surface area contributed by atoms with Gasteiger partial charge in [-0.1, -0.05) is 19.3 Å². The first-order valence-electron chi connectivity index (χ1n) is 8.15. The molecule has 0 aromatic rings. The topological polar surface area (TPSA) is 62.6 Å². The SMILES string of the molecule is C[NH+](CC(=O)NCC1CCCCC1)CC(=O)NC(C)(C)C. The Kier molecular flexibility index (Phi) is 7.15. The molecule has 1 saturated carbocycles. The minimum Gasteiger partial charge on any atom is -0.351 e. The van der Waals surface area contributed by atoms with E-state index in [0.717, 1.165) is 11.4 Å². The summed E-state index contributed by atoms with van der Waals surface area (Å²) in [5, 5.41) is 5.93. The number of likely N-dealkylation sites (N-methyl/N-ethyl adjacent to an activating group) is 1. The van der Waals surface area contributed by atoms with Gasteiger partial charge in [-0.3, -0.25) is 9.59 Å². The van der Waals surface area contributed by atoms with E-state index in [9.17, 15) is 9.59 Å². The second-order valence-corrected chi connectivity index (χ2v) is 7.42. The molecule has 1 rings (SSSR count). The van der Waals surface area contributed by atoms with Crippen LogP contribution in [0.3, 0.4) is 0 Å². The average Bonchev–Trinajstić information content (AvgIpc) is 2.35. The summed E-state index contributed by atoms with van der Waals surface area (Å²) in [7, 11) is 1.88. The lowest BCUT2D eigenvalue weighted by Gasteiger charge is -2.23. The maximum atomic E-state index is 11.9. The van der Waals surface area contributed by atoms with Gasteiger partial charge in [0, 0.05) is 12.1 Å². The Morgan fingerprint density at radius 1 is 1.05 bits per heavy atom. The van der Waals surface area contributed by atoms with Crippen molar-refractivity contribution in [3.63, 3.8) is 0 Å². The van der Waals surface area contributed by atoms with Gasteiger partial charge in [-0.05, 0) is 39.5 Å². The van der Waals surface area contributed by atoms with Crippen molar-refractivity contribution in [3.8, 4) is 0 Å². The molecule has 1 aliphatic carbocycles. The highest BCUT2D eigenvalue weighted by Gasteiger charge is 2.19. The van der Waals surface area contributed by atoms with Crippen LogP contribution in [0.25, 0.3) is 0 Å². The summed E-state index contributed by atoms with van der Waals surface area (Å²) >= 11 is 0. The maximum Gasteiger partial charge on any atom is 0.275 e. The molecule has 0 aliphatic heterocycles. The van der Waals surface area contributed by atoms with Crippen LogP contribution in [0.5, 0.6) is 0 Å². The molecular weight excluding hydrogens is 266 g/mol. The van der Waals surface area contributed by atoms with Crippen molar-refractivity contribution in [1.29, 1.82) is 0 Å². The van der Waals surface area contributed by atoms with Crippen molar-refractivity contribution < 1.29 is 14.5 Å². The highest BCUT2D eigenvalue weighted by Crippen LogP contribution is 2.22. The first-order valence-corrected chi connectivity index (χ1v) is 8.15. The highest BCUT2D eigenvalue weighted by molar-refractivity contribution is 5.79. The maximum absolute atomic E-state index is 11.9. The fourth-order valence-corrected chi connectivity index (χ4v) is 2.79. The quantitative estimate of drug-likeness (QED) is 0.652. The van der Waals surface area contributed by atoms with E-state index in [-0.39, 0.29) is 17.4 Å². The predicted octanol–water partition coefficient (Wildman–Crippen LogP) is 0.112. The number of amides is 2. The van der Waals surface area contributed by atoms with E-state index in [0.29, 0.717) is 19.0 Å². The van der Waals surface area contributed by atoms with Gasteiger partial charge in [-0.2, -0.15) is 0 Å². The van der Waals surface area contributed by atoms with Gasteiger partial charge in [0.1, 0.15) is 0 Å². The van der Waals surface area contributed by atoms with E-state index in [1.807, 2.05) is 27.8 Å². The number of carbonyl (C=O) groups excluding carboxylic acids is 2. The zero-order valence-electron chi connectivity index (χ0n) is 14.1. The largest absolute Gasteiger partial charge is 0.351 e. The second-order valence-electron chi connectivity index (χ2n) is 7.42. The highest BCUT2D eigenvalue weighted by atomic mass is 16.2. The van der Waals surface area contributed by atoms with Gasteiger partial charge in [0.2, 0.25) is 0 Å². The van der Waals surface area contributed by atoms with E-state index < -0.39 is 0 Å². The molecule has 21 heavy (non-hydrogen) atoms. The van der Waals surface area contributed by atoms with Crippen LogP contribution in [0, 0.1) is 5.92 Å². The summed E-state index contributed by atoms with van der Waals surface area (Å²) in [4.78, 5) is 24.6. The molecular formula is C16H32N3O2+. The second kappa shape index (κ2) is 8.37. The molecule has 0 radical (unpaired) electrons. The third kappa shape index (κ3) is 8.71. The molecule has 122 valence electrons. The minimum absolute atomic E-state index is 0.0138. The smallest absolute Gasteiger partial charge is 0.275 e. The summed E-state index contributed by atoms with van der Waals surface area (Å²) in [6.07, 6.45) is 6.38. The number of hydrogen-bond acceptors (Lipinski definition) is 2. The molecule has 3 N–H and O–H groups in total. The standard InChI is InChI=1S/C16H31N3O2/c1-16(2,3)18-15(21)12-19(4)11-14(20)17-10-13-8-6-5-7-9-13/h13H,5-12H2,1-4H3,(H,17,20)(H,18,21)/p+1. The number of rotatable bonds is 6. The van der Waals surface area contributed by atoms with Gasteiger partial charge >= 0.3 is 0 Å². The van der Waals surface area contributed by atoms with Crippen molar-refractivity contribution in [2.75, 3.05) is 26.7 Å². The number of nitrogens with one attached hydrogen (secondary N) is 3. The molecule has 0 bridgehead atoms. The van der Waals surface area contributed by atoms with E-state index in [4.69, 9.17) is 0 Å². The Morgan fingerprint density at radius 2 is 1.62 bits per heavy atom. The Morgan fingerprint density at radius 3 is 2.19 bits per heavy atom. The van der Waals surface area contributed by atoms with Gasteiger partial charge in [0.25, 0.3) is 11.8 Å². The molecule has 5 nitrogen and oxygen atoms in total. The van der Waals surface area contributed by atoms with Crippen molar-refractivity contribution in [2.45, 2.75) is 58.4 Å². The van der Waals surface area contributed by atoms with Crippen LogP contribution in [0.4, 0.5) is 0 Å². The molecule has 0 spiro atoms. The molecule has 0 aromatic carbocycles. The van der Waals surface area contributed by atoms with Gasteiger partial charge < -0.3 is 15.5 Å². The molecule has 0 heterocycles. The van der Waals surface area contributed by atoms with Crippen molar-refractivity contribution in [2.24, 2.45) is 5.92 Å². The molecule has 1 fully saturated rings. The Hall–Kier alpha value is -1.10. The molecule has 1 unspecified atom stereocenters. The van der Waals surface area contributed by atoms with Crippen LogP contribution in [0.2, 0.25) is 0 Å². The summed E-state index contributed by atoms with van der Waals surface area (Å²) in [5.74, 6) is 0.675. The lowest BCUT2D eigenvalue weighted by atomic mass is 9.89. The van der Waals surface area contributed by atoms with E-state index in [1.165, 1.54) is 32.1 Å². The van der Waals surface area contributed by atoms with Crippen LogP contribution in [0.15, 0.2) is 0 Å². The Balaban J connectivity index is 2.19. The molecule has 1 atom stereocenters. The Bertz CT molecular complexity index is 344. The summed E-state index contributed by atoms with van der Waals surface area (Å²) in [5.41, 5.74) is -0.222. The van der Waals surface area contributed by atoms with Crippen LogP contribution in [0.1, 0.15) is 52.9 Å². The minimum atomic E-state index is -0.222. The predicted molar refractivity (Wildman–Crippen MR) is 84.1 cm³/mol. The normalized spacial score (nSPS) is 18.1. The first kappa shape index (κ1) is 18.0. The first-order chi connectivity index (χ1) is 9.76. The number of hydrogen-bond donors (Lipinski definition) is 3.